The van der Waals surface area contributed by atoms with Gasteiger partial charge in [0.2, 0.25) is 0 Å². The smallest absolute Gasteiger partial charge is 0.135 e. The molecule has 0 unspecified atom stereocenters. The third-order valence-corrected chi connectivity index (χ3v) is 8.56. The van der Waals surface area contributed by atoms with Crippen molar-refractivity contribution in [3.8, 4) is 33.4 Å². The minimum atomic E-state index is -0.396. The van der Waals surface area contributed by atoms with Crippen molar-refractivity contribution in [1.82, 2.24) is 0 Å². The molecule has 1 heteroatoms. The second kappa shape index (κ2) is 9.44. The van der Waals surface area contributed by atoms with Gasteiger partial charge in [-0.15, -0.1) is 0 Å². The molecule has 43 heavy (non-hydrogen) atoms. The van der Waals surface area contributed by atoms with Crippen LogP contribution in [0.1, 0.15) is 6.85 Å². The van der Waals surface area contributed by atoms with E-state index in [2.05, 4.69) is 78.9 Å². The van der Waals surface area contributed by atoms with E-state index >= 15 is 0 Å². The third-order valence-electron chi connectivity index (χ3n) is 8.56. The molecule has 0 aliphatic carbocycles. The Labute approximate surface area is 256 Å². The van der Waals surface area contributed by atoms with Gasteiger partial charge in [0, 0.05) is 10.8 Å². The van der Waals surface area contributed by atoms with Crippen LogP contribution < -0.4 is 0 Å². The molecule has 0 aliphatic heterocycles. The molecule has 200 valence electrons. The molecule has 0 amide bonds. The first-order valence-corrected chi connectivity index (χ1v) is 14.4. The van der Waals surface area contributed by atoms with Crippen molar-refractivity contribution in [2.45, 2.75) is 0 Å². The number of fused-ring (bicyclic) bond motifs is 6. The van der Waals surface area contributed by atoms with Gasteiger partial charge in [0.25, 0.3) is 0 Å². The molecule has 0 radical (unpaired) electrons. The average molecular weight is 552 g/mol. The van der Waals surface area contributed by atoms with E-state index in [0.717, 1.165) is 76.5 Å². The fraction of sp³-hybridized carbons (Fsp3) is 0. The highest BCUT2D eigenvalue weighted by atomic mass is 16.3. The first-order valence-electron chi connectivity index (χ1n) is 16.9. The quantitative estimate of drug-likeness (QED) is 0.199. The normalized spacial score (nSPS) is 13.3. The lowest BCUT2D eigenvalue weighted by Crippen LogP contribution is -1.92. The van der Waals surface area contributed by atoms with Gasteiger partial charge in [-0.2, -0.15) is 0 Å². The van der Waals surface area contributed by atoms with E-state index in [4.69, 9.17) is 11.3 Å². The number of para-hydroxylation sites is 1. The number of hydrogen-bond donors (Lipinski definition) is 0. The van der Waals surface area contributed by atoms with Crippen LogP contribution in [0.4, 0.5) is 0 Å². The van der Waals surface area contributed by atoms with Crippen LogP contribution >= 0.6 is 0 Å². The predicted octanol–water partition coefficient (Wildman–Crippen LogP) is 12.0. The van der Waals surface area contributed by atoms with Gasteiger partial charge in [0.05, 0.1) is 6.85 Å². The largest absolute Gasteiger partial charge is 0.456 e. The van der Waals surface area contributed by atoms with Crippen LogP contribution in [-0.2, 0) is 0 Å². The maximum absolute atomic E-state index is 8.69. The van der Waals surface area contributed by atoms with Gasteiger partial charge in [-0.1, -0.05) is 139 Å². The fourth-order valence-electron chi connectivity index (χ4n) is 6.73. The molecule has 0 saturated carbocycles. The summed E-state index contributed by atoms with van der Waals surface area (Å²) in [6, 6.07) is 42.0. The molecule has 1 nitrogen and oxygen atoms in total. The van der Waals surface area contributed by atoms with Crippen LogP contribution in [0.3, 0.4) is 0 Å². The molecule has 1 aromatic heterocycles. The number of rotatable bonds is 3. The molecular formula is C42H26O. The lowest BCUT2D eigenvalue weighted by molar-refractivity contribution is 0.669. The summed E-state index contributed by atoms with van der Waals surface area (Å²) in [5.74, 6) is 0. The molecular weight excluding hydrogens is 520 g/mol. The second-order valence-electron chi connectivity index (χ2n) is 10.9. The fourth-order valence-corrected chi connectivity index (χ4v) is 6.73. The molecule has 0 bridgehead atoms. The minimum absolute atomic E-state index is 0.205. The Morgan fingerprint density at radius 2 is 0.884 bits per heavy atom. The number of furan rings is 1. The van der Waals surface area contributed by atoms with E-state index in [-0.39, 0.29) is 29.7 Å². The van der Waals surface area contributed by atoms with Gasteiger partial charge in [-0.05, 0) is 83.9 Å². The number of benzene rings is 8. The first kappa shape index (κ1) is 19.5. The summed E-state index contributed by atoms with van der Waals surface area (Å²) in [6.45, 7) is 0. The zero-order valence-corrected chi connectivity index (χ0v) is 23.0. The minimum Gasteiger partial charge on any atom is -0.456 e. The third kappa shape index (κ3) is 3.65. The van der Waals surface area contributed by atoms with Gasteiger partial charge in [-0.25, -0.2) is 0 Å². The van der Waals surface area contributed by atoms with Crippen LogP contribution in [0, 0.1) is 0 Å². The standard InChI is InChI=1S/C42H26O/c1-2-12-27(13-3-1)29-23-24-37(31-15-5-4-14-30(29)31)42-35-19-8-6-17-33(35)41(34-18-7-9-20-36(34)42)28-22-25-40-38(26-28)32-16-10-11-21-39(32)43-40/h1-26H/i1D,2D,3D,12D,13D. The van der Waals surface area contributed by atoms with Gasteiger partial charge < -0.3 is 4.42 Å². The summed E-state index contributed by atoms with van der Waals surface area (Å²) in [5.41, 5.74) is 6.89. The molecule has 8 aromatic carbocycles. The summed E-state index contributed by atoms with van der Waals surface area (Å²) in [5, 5.41) is 8.38. The molecule has 0 fully saturated rings. The summed E-state index contributed by atoms with van der Waals surface area (Å²) >= 11 is 0. The van der Waals surface area contributed by atoms with Crippen LogP contribution in [-0.4, -0.2) is 0 Å². The highest BCUT2D eigenvalue weighted by Gasteiger charge is 2.19. The summed E-state index contributed by atoms with van der Waals surface area (Å²) in [6.07, 6.45) is 0. The monoisotopic (exact) mass is 551 g/mol. The zero-order chi connectivity index (χ0) is 32.7. The summed E-state index contributed by atoms with van der Waals surface area (Å²) in [7, 11) is 0. The van der Waals surface area contributed by atoms with Gasteiger partial charge in [0.15, 0.2) is 0 Å². The molecule has 0 atom stereocenters. The molecule has 0 spiro atoms. The van der Waals surface area contributed by atoms with Crippen molar-refractivity contribution in [3.05, 3.63) is 158 Å². The Morgan fingerprint density at radius 3 is 1.56 bits per heavy atom. The molecule has 0 aliphatic rings. The van der Waals surface area contributed by atoms with Crippen molar-refractivity contribution in [2.24, 2.45) is 0 Å². The lowest BCUT2D eigenvalue weighted by Gasteiger charge is -2.19. The van der Waals surface area contributed by atoms with Crippen LogP contribution in [0.5, 0.6) is 0 Å². The maximum atomic E-state index is 8.69. The molecule has 0 N–H and O–H groups in total. The van der Waals surface area contributed by atoms with Crippen LogP contribution in [0.2, 0.25) is 0 Å². The van der Waals surface area contributed by atoms with E-state index in [1.165, 1.54) is 0 Å². The Hall–Kier alpha value is -5.66. The Kier molecular flexibility index (Phi) is 4.27. The van der Waals surface area contributed by atoms with Gasteiger partial charge >= 0.3 is 0 Å². The van der Waals surface area contributed by atoms with Crippen molar-refractivity contribution in [1.29, 1.82) is 0 Å². The van der Waals surface area contributed by atoms with E-state index in [1.807, 2.05) is 48.5 Å². The van der Waals surface area contributed by atoms with Crippen molar-refractivity contribution >= 4 is 54.3 Å². The van der Waals surface area contributed by atoms with E-state index in [1.54, 1.807) is 0 Å². The topological polar surface area (TPSA) is 13.1 Å². The first-order chi connectivity index (χ1) is 23.4. The van der Waals surface area contributed by atoms with Crippen molar-refractivity contribution < 1.29 is 11.3 Å². The van der Waals surface area contributed by atoms with E-state index in [9.17, 15) is 0 Å². The molecule has 9 aromatic rings. The summed E-state index contributed by atoms with van der Waals surface area (Å²) < 4.78 is 48.3. The van der Waals surface area contributed by atoms with E-state index in [0.29, 0.717) is 5.56 Å². The summed E-state index contributed by atoms with van der Waals surface area (Å²) in [4.78, 5) is 0. The highest BCUT2D eigenvalue weighted by molar-refractivity contribution is 6.24. The van der Waals surface area contributed by atoms with Gasteiger partial charge in [0.1, 0.15) is 11.2 Å². The number of hydrogen-bond acceptors (Lipinski definition) is 1. The molecule has 0 saturated heterocycles. The predicted molar refractivity (Wildman–Crippen MR) is 183 cm³/mol. The maximum Gasteiger partial charge on any atom is 0.135 e. The highest BCUT2D eigenvalue weighted by Crippen LogP contribution is 2.47. The Morgan fingerprint density at radius 1 is 0.372 bits per heavy atom. The Balaban J connectivity index is 1.36. The van der Waals surface area contributed by atoms with E-state index < -0.39 is 6.04 Å². The molecule has 9 rings (SSSR count). The van der Waals surface area contributed by atoms with Gasteiger partial charge in [-0.3, -0.25) is 0 Å². The second-order valence-corrected chi connectivity index (χ2v) is 10.9. The zero-order valence-electron chi connectivity index (χ0n) is 28.0. The lowest BCUT2D eigenvalue weighted by atomic mass is 9.83. The Bertz CT molecular complexity index is 2710. The van der Waals surface area contributed by atoms with Crippen LogP contribution in [0.15, 0.2) is 162 Å². The van der Waals surface area contributed by atoms with Crippen LogP contribution in [0.25, 0.3) is 87.6 Å². The average Bonchev–Trinajstić information content (AvgIpc) is 3.50. The van der Waals surface area contributed by atoms with Crippen molar-refractivity contribution in [2.75, 3.05) is 0 Å². The molecule has 1 heterocycles. The SMILES string of the molecule is [2H]c1c([2H])c([2H])c(-c2ccc(-c3c4ccccc4c(-c4ccc5oc6ccccc6c5c4)c4ccccc34)c3ccccc23)c([2H])c1[2H]. The van der Waals surface area contributed by atoms with Crippen molar-refractivity contribution in [3.63, 3.8) is 0 Å².